The molecule has 2 nitrogen and oxygen atoms in total. The van der Waals surface area contributed by atoms with E-state index in [4.69, 9.17) is 4.74 Å². The highest BCUT2D eigenvalue weighted by Crippen LogP contribution is 2.33. The third-order valence-corrected chi connectivity index (χ3v) is 3.06. The molecular weight excluding hydrogens is 176 g/mol. The van der Waals surface area contributed by atoms with Crippen molar-refractivity contribution in [3.63, 3.8) is 0 Å². The highest BCUT2D eigenvalue weighted by Gasteiger charge is 2.28. The van der Waals surface area contributed by atoms with E-state index in [9.17, 15) is 4.79 Å². The van der Waals surface area contributed by atoms with Crippen molar-refractivity contribution in [3.05, 3.63) is 12.2 Å². The van der Waals surface area contributed by atoms with E-state index in [0.717, 1.165) is 18.4 Å². The lowest BCUT2D eigenvalue weighted by Gasteiger charge is -2.32. The van der Waals surface area contributed by atoms with Gasteiger partial charge in [0, 0.05) is 6.92 Å². The maximum absolute atomic E-state index is 10.9. The Morgan fingerprint density at radius 2 is 2.21 bits per heavy atom. The van der Waals surface area contributed by atoms with E-state index in [1.54, 1.807) is 0 Å². The molecule has 0 amide bonds. The Morgan fingerprint density at radius 1 is 1.57 bits per heavy atom. The summed E-state index contributed by atoms with van der Waals surface area (Å²) >= 11 is 0. The van der Waals surface area contributed by atoms with E-state index in [-0.39, 0.29) is 12.1 Å². The highest BCUT2D eigenvalue weighted by molar-refractivity contribution is 5.66. The molecule has 1 aliphatic rings. The molecular formula is C12H20O2. The molecule has 2 atom stereocenters. The Bertz CT molecular complexity index is 230. The van der Waals surface area contributed by atoms with Gasteiger partial charge >= 0.3 is 5.97 Å². The lowest BCUT2D eigenvalue weighted by atomic mass is 9.78. The van der Waals surface area contributed by atoms with Crippen molar-refractivity contribution < 1.29 is 9.53 Å². The number of esters is 1. The van der Waals surface area contributed by atoms with Crippen LogP contribution in [0.5, 0.6) is 0 Å². The van der Waals surface area contributed by atoms with Crippen LogP contribution >= 0.6 is 0 Å². The molecule has 0 spiro atoms. The topological polar surface area (TPSA) is 26.3 Å². The van der Waals surface area contributed by atoms with Crippen LogP contribution in [0, 0.1) is 11.8 Å². The van der Waals surface area contributed by atoms with Gasteiger partial charge in [-0.25, -0.2) is 0 Å². The summed E-state index contributed by atoms with van der Waals surface area (Å²) in [6.45, 7) is 9.88. The second-order valence-corrected chi connectivity index (χ2v) is 4.53. The summed E-state index contributed by atoms with van der Waals surface area (Å²) in [5.41, 5.74) is 1.08. The fourth-order valence-corrected chi connectivity index (χ4v) is 2.03. The third-order valence-electron chi connectivity index (χ3n) is 3.06. The van der Waals surface area contributed by atoms with Gasteiger partial charge in [-0.2, -0.15) is 0 Å². The molecule has 0 radical (unpaired) electrons. The van der Waals surface area contributed by atoms with Crippen molar-refractivity contribution >= 4 is 5.97 Å². The molecule has 0 saturated heterocycles. The van der Waals surface area contributed by atoms with Crippen molar-refractivity contribution in [3.8, 4) is 0 Å². The fourth-order valence-electron chi connectivity index (χ4n) is 2.03. The summed E-state index contributed by atoms with van der Waals surface area (Å²) in [5.74, 6) is 1.14. The van der Waals surface area contributed by atoms with Gasteiger partial charge in [0.15, 0.2) is 0 Å². The Kier molecular flexibility index (Phi) is 3.73. The monoisotopic (exact) mass is 196 g/mol. The number of hydrogen-bond donors (Lipinski definition) is 0. The Balaban J connectivity index is 2.55. The number of ether oxygens (including phenoxy) is 1. The Morgan fingerprint density at radius 3 is 2.71 bits per heavy atom. The third kappa shape index (κ3) is 2.86. The van der Waals surface area contributed by atoms with Gasteiger partial charge in [-0.3, -0.25) is 4.79 Å². The van der Waals surface area contributed by atoms with Gasteiger partial charge in [0.1, 0.15) is 6.10 Å². The summed E-state index contributed by atoms with van der Waals surface area (Å²) in [4.78, 5) is 10.9. The first-order valence-corrected chi connectivity index (χ1v) is 5.35. The molecule has 0 heterocycles. The molecule has 0 aromatic carbocycles. The zero-order chi connectivity index (χ0) is 10.7. The molecule has 14 heavy (non-hydrogen) atoms. The minimum Gasteiger partial charge on any atom is -0.458 e. The summed E-state index contributed by atoms with van der Waals surface area (Å²) in [5, 5.41) is 0. The summed E-state index contributed by atoms with van der Waals surface area (Å²) in [7, 11) is 0. The molecule has 0 bridgehead atoms. The van der Waals surface area contributed by atoms with E-state index in [1.165, 1.54) is 13.3 Å². The van der Waals surface area contributed by atoms with E-state index < -0.39 is 0 Å². The number of rotatable bonds is 2. The minimum atomic E-state index is -0.194. The minimum absolute atomic E-state index is 0.0337. The summed E-state index contributed by atoms with van der Waals surface area (Å²) < 4.78 is 5.25. The average molecular weight is 196 g/mol. The van der Waals surface area contributed by atoms with Crippen LogP contribution in [0.2, 0.25) is 0 Å². The van der Waals surface area contributed by atoms with Crippen LogP contribution in [0.25, 0.3) is 0 Å². The van der Waals surface area contributed by atoms with E-state index in [0.29, 0.717) is 11.8 Å². The van der Waals surface area contributed by atoms with Crippen LogP contribution in [0.4, 0.5) is 0 Å². The smallest absolute Gasteiger partial charge is 0.303 e. The van der Waals surface area contributed by atoms with Crippen molar-refractivity contribution in [2.75, 3.05) is 0 Å². The standard InChI is InChI=1S/C12H20O2/c1-8(2)11-6-5-9(3)12(7-11)14-10(4)13/h8,11-12H,3,5-7H2,1-2,4H3/t11-,12+/m0/s1. The highest BCUT2D eigenvalue weighted by atomic mass is 16.5. The van der Waals surface area contributed by atoms with E-state index in [2.05, 4.69) is 20.4 Å². The number of carbonyl (C=O) groups excluding carboxylic acids is 1. The van der Waals surface area contributed by atoms with Crippen LogP contribution in [0.3, 0.4) is 0 Å². The van der Waals surface area contributed by atoms with Crippen molar-refractivity contribution in [2.45, 2.75) is 46.1 Å². The summed E-state index contributed by atoms with van der Waals surface area (Å²) in [6, 6.07) is 0. The predicted molar refractivity (Wildman–Crippen MR) is 56.9 cm³/mol. The molecule has 0 aromatic rings. The van der Waals surface area contributed by atoms with Crippen molar-refractivity contribution in [1.82, 2.24) is 0 Å². The maximum atomic E-state index is 10.9. The van der Waals surface area contributed by atoms with Crippen LogP contribution in [0.1, 0.15) is 40.0 Å². The molecule has 2 heteroatoms. The molecule has 0 N–H and O–H groups in total. The average Bonchev–Trinajstić information content (AvgIpc) is 2.07. The predicted octanol–water partition coefficient (Wildman–Crippen LogP) is 2.93. The first-order chi connectivity index (χ1) is 6.50. The normalized spacial score (nSPS) is 27.9. The second kappa shape index (κ2) is 4.63. The van der Waals surface area contributed by atoms with Gasteiger partial charge in [0.2, 0.25) is 0 Å². The van der Waals surface area contributed by atoms with Gasteiger partial charge in [0.05, 0.1) is 0 Å². The van der Waals surface area contributed by atoms with Crippen LogP contribution in [0.15, 0.2) is 12.2 Å². The first-order valence-electron chi connectivity index (χ1n) is 5.35. The lowest BCUT2D eigenvalue weighted by molar-refractivity contribution is -0.146. The molecule has 0 aromatic heterocycles. The van der Waals surface area contributed by atoms with E-state index in [1.807, 2.05) is 0 Å². The zero-order valence-corrected chi connectivity index (χ0v) is 9.38. The second-order valence-electron chi connectivity index (χ2n) is 4.53. The molecule has 1 fully saturated rings. The van der Waals surface area contributed by atoms with Crippen molar-refractivity contribution in [2.24, 2.45) is 11.8 Å². The van der Waals surface area contributed by atoms with Gasteiger partial charge in [-0.15, -0.1) is 0 Å². The Hall–Kier alpha value is -0.790. The number of carbonyl (C=O) groups is 1. The molecule has 1 aliphatic carbocycles. The number of hydrogen-bond acceptors (Lipinski definition) is 2. The first kappa shape index (κ1) is 11.3. The fraction of sp³-hybridized carbons (Fsp3) is 0.750. The molecule has 1 rings (SSSR count). The van der Waals surface area contributed by atoms with Crippen LogP contribution < -0.4 is 0 Å². The zero-order valence-electron chi connectivity index (χ0n) is 9.38. The molecule has 0 aliphatic heterocycles. The quantitative estimate of drug-likeness (QED) is 0.501. The van der Waals surface area contributed by atoms with E-state index >= 15 is 0 Å². The van der Waals surface area contributed by atoms with Gasteiger partial charge < -0.3 is 4.74 Å². The van der Waals surface area contributed by atoms with Gasteiger partial charge in [0.25, 0.3) is 0 Å². The largest absolute Gasteiger partial charge is 0.458 e. The van der Waals surface area contributed by atoms with Gasteiger partial charge in [-0.1, -0.05) is 20.4 Å². The van der Waals surface area contributed by atoms with Crippen LogP contribution in [-0.2, 0) is 9.53 Å². The summed E-state index contributed by atoms with van der Waals surface area (Å²) in [6.07, 6.45) is 3.11. The maximum Gasteiger partial charge on any atom is 0.303 e. The SMILES string of the molecule is C=C1CC[C@H](C(C)C)C[C@H]1OC(C)=O. The van der Waals surface area contributed by atoms with Gasteiger partial charge in [-0.05, 0) is 36.7 Å². The Labute approximate surface area is 86.3 Å². The molecule has 80 valence electrons. The molecule has 0 unspecified atom stereocenters. The van der Waals surface area contributed by atoms with Crippen molar-refractivity contribution in [1.29, 1.82) is 0 Å². The molecule has 1 saturated carbocycles. The lowest BCUT2D eigenvalue weighted by Crippen LogP contribution is -2.28. The van der Waals surface area contributed by atoms with Crippen LogP contribution in [-0.4, -0.2) is 12.1 Å².